The summed E-state index contributed by atoms with van der Waals surface area (Å²) < 4.78 is 5.18. The Morgan fingerprint density at radius 3 is 3.18 bits per heavy atom. The zero-order chi connectivity index (χ0) is 12.3. The largest absolute Gasteiger partial charge is 0.394 e. The van der Waals surface area contributed by atoms with Crippen molar-refractivity contribution in [2.75, 3.05) is 26.4 Å². The average Bonchev–Trinajstić information content (AvgIpc) is 2.38. The Bertz CT molecular complexity index is 457. The fourth-order valence-electron chi connectivity index (χ4n) is 1.81. The summed E-state index contributed by atoms with van der Waals surface area (Å²) in [6.07, 6.45) is 2.86. The van der Waals surface area contributed by atoms with E-state index in [2.05, 4.69) is 4.98 Å². The van der Waals surface area contributed by atoms with Crippen molar-refractivity contribution < 1.29 is 14.6 Å². The lowest BCUT2D eigenvalue weighted by Crippen LogP contribution is -2.51. The lowest BCUT2D eigenvalue weighted by atomic mass is 10.2. The lowest BCUT2D eigenvalue weighted by Gasteiger charge is -2.34. The van der Waals surface area contributed by atoms with Crippen molar-refractivity contribution >= 4 is 5.91 Å². The van der Waals surface area contributed by atoms with E-state index >= 15 is 0 Å². The molecule has 0 bridgehead atoms. The maximum Gasteiger partial charge on any atom is 0.259 e. The topological polar surface area (TPSA) is 82.6 Å². The summed E-state index contributed by atoms with van der Waals surface area (Å²) in [6.45, 7) is 0.939. The van der Waals surface area contributed by atoms with Gasteiger partial charge in [-0.25, -0.2) is 0 Å². The number of ether oxygens (including phenoxy) is 1. The standard InChI is InChI=1S/C11H14N2O4/c14-6-8-7-17-4-3-13(8)11(16)9-5-12-2-1-10(9)15/h1-2,5,8,14H,3-4,6-7H2,(H,12,15). The first-order valence-electron chi connectivity index (χ1n) is 5.40. The van der Waals surface area contributed by atoms with Gasteiger partial charge >= 0.3 is 0 Å². The average molecular weight is 238 g/mol. The van der Waals surface area contributed by atoms with Crippen molar-refractivity contribution in [3.05, 3.63) is 34.2 Å². The summed E-state index contributed by atoms with van der Waals surface area (Å²) in [7, 11) is 0. The lowest BCUT2D eigenvalue weighted by molar-refractivity contribution is -0.0184. The van der Waals surface area contributed by atoms with Crippen LogP contribution in [0.1, 0.15) is 10.4 Å². The highest BCUT2D eigenvalue weighted by molar-refractivity contribution is 5.94. The molecule has 1 saturated heterocycles. The van der Waals surface area contributed by atoms with Gasteiger partial charge in [0, 0.05) is 25.0 Å². The van der Waals surface area contributed by atoms with E-state index in [9.17, 15) is 9.59 Å². The summed E-state index contributed by atoms with van der Waals surface area (Å²) in [5.41, 5.74) is -0.232. The molecule has 0 aliphatic carbocycles. The Morgan fingerprint density at radius 2 is 2.47 bits per heavy atom. The SMILES string of the molecule is O=C(c1c[nH]ccc1=O)N1CCOCC1CO. The zero-order valence-corrected chi connectivity index (χ0v) is 9.26. The summed E-state index contributed by atoms with van der Waals surface area (Å²) in [4.78, 5) is 27.9. The molecule has 6 heteroatoms. The molecule has 0 spiro atoms. The fraction of sp³-hybridized carbons (Fsp3) is 0.455. The van der Waals surface area contributed by atoms with Crippen molar-refractivity contribution in [1.82, 2.24) is 9.88 Å². The highest BCUT2D eigenvalue weighted by Crippen LogP contribution is 2.09. The first kappa shape index (κ1) is 11.8. The van der Waals surface area contributed by atoms with Crippen LogP contribution >= 0.6 is 0 Å². The molecule has 92 valence electrons. The maximum atomic E-state index is 12.1. The van der Waals surface area contributed by atoms with Gasteiger partial charge in [0.25, 0.3) is 5.91 Å². The van der Waals surface area contributed by atoms with Crippen molar-refractivity contribution in [2.24, 2.45) is 0 Å². The van der Waals surface area contributed by atoms with E-state index in [1.807, 2.05) is 0 Å². The van der Waals surface area contributed by atoms with Crippen LogP contribution < -0.4 is 5.43 Å². The second kappa shape index (κ2) is 5.11. The minimum Gasteiger partial charge on any atom is -0.394 e. The van der Waals surface area contributed by atoms with Crippen molar-refractivity contribution in [1.29, 1.82) is 0 Å². The molecular formula is C11H14N2O4. The molecule has 2 heterocycles. The van der Waals surface area contributed by atoms with Crippen LogP contribution in [0.3, 0.4) is 0 Å². The van der Waals surface area contributed by atoms with Crippen LogP contribution in [0.5, 0.6) is 0 Å². The Hall–Kier alpha value is -1.66. The van der Waals surface area contributed by atoms with Crippen LogP contribution in [-0.4, -0.2) is 53.3 Å². The van der Waals surface area contributed by atoms with Crippen LogP contribution in [0.25, 0.3) is 0 Å². The third-order valence-electron chi connectivity index (χ3n) is 2.75. The van der Waals surface area contributed by atoms with Gasteiger partial charge in [-0.2, -0.15) is 0 Å². The number of carbonyl (C=O) groups is 1. The van der Waals surface area contributed by atoms with E-state index in [4.69, 9.17) is 9.84 Å². The number of rotatable bonds is 2. The molecule has 1 aliphatic heterocycles. The number of aromatic amines is 1. The molecule has 2 N–H and O–H groups in total. The number of aliphatic hydroxyl groups is 1. The molecule has 0 aromatic carbocycles. The van der Waals surface area contributed by atoms with Gasteiger partial charge in [-0.1, -0.05) is 0 Å². The van der Waals surface area contributed by atoms with Gasteiger partial charge < -0.3 is 19.7 Å². The second-order valence-electron chi connectivity index (χ2n) is 3.83. The molecule has 1 atom stereocenters. The van der Waals surface area contributed by atoms with Crippen LogP contribution in [0.2, 0.25) is 0 Å². The number of nitrogens with one attached hydrogen (secondary N) is 1. The number of hydrogen-bond acceptors (Lipinski definition) is 4. The number of morpholine rings is 1. The van der Waals surface area contributed by atoms with Gasteiger partial charge in [-0.05, 0) is 0 Å². The Kier molecular flexibility index (Phi) is 3.55. The van der Waals surface area contributed by atoms with Gasteiger partial charge in [0.2, 0.25) is 0 Å². The molecule has 0 radical (unpaired) electrons. The van der Waals surface area contributed by atoms with E-state index in [1.165, 1.54) is 23.4 Å². The predicted octanol–water partition coefficient (Wildman–Crippen LogP) is -0.792. The molecular weight excluding hydrogens is 224 g/mol. The van der Waals surface area contributed by atoms with Crippen molar-refractivity contribution in [2.45, 2.75) is 6.04 Å². The smallest absolute Gasteiger partial charge is 0.259 e. The molecule has 6 nitrogen and oxygen atoms in total. The Balaban J connectivity index is 2.24. The summed E-state index contributed by atoms with van der Waals surface area (Å²) in [5.74, 6) is -0.366. The molecule has 1 amide bonds. The van der Waals surface area contributed by atoms with Crippen LogP contribution in [0.4, 0.5) is 0 Å². The normalized spacial score (nSPS) is 20.3. The quantitative estimate of drug-likeness (QED) is 0.707. The van der Waals surface area contributed by atoms with E-state index in [1.54, 1.807) is 0 Å². The number of pyridine rings is 1. The monoisotopic (exact) mass is 238 g/mol. The Morgan fingerprint density at radius 1 is 1.65 bits per heavy atom. The van der Waals surface area contributed by atoms with Gasteiger partial charge in [0.15, 0.2) is 5.43 Å². The van der Waals surface area contributed by atoms with E-state index < -0.39 is 0 Å². The minimum absolute atomic E-state index is 0.0906. The third kappa shape index (κ3) is 2.37. The Labute approximate surface area is 97.8 Å². The first-order chi connectivity index (χ1) is 8.24. The minimum atomic E-state index is -0.379. The zero-order valence-electron chi connectivity index (χ0n) is 9.26. The number of nitrogens with zero attached hydrogens (tertiary/aromatic N) is 1. The van der Waals surface area contributed by atoms with E-state index in [0.29, 0.717) is 19.8 Å². The number of carbonyl (C=O) groups excluding carboxylic acids is 1. The van der Waals surface area contributed by atoms with Gasteiger partial charge in [-0.3, -0.25) is 9.59 Å². The van der Waals surface area contributed by atoms with Gasteiger partial charge in [0.05, 0.1) is 25.9 Å². The van der Waals surface area contributed by atoms with Crippen LogP contribution in [-0.2, 0) is 4.74 Å². The van der Waals surface area contributed by atoms with Crippen molar-refractivity contribution in [3.63, 3.8) is 0 Å². The maximum absolute atomic E-state index is 12.1. The summed E-state index contributed by atoms with van der Waals surface area (Å²) >= 11 is 0. The highest BCUT2D eigenvalue weighted by atomic mass is 16.5. The molecule has 1 aromatic rings. The van der Waals surface area contributed by atoms with E-state index in [0.717, 1.165) is 0 Å². The predicted molar refractivity (Wildman–Crippen MR) is 59.8 cm³/mol. The number of hydrogen-bond donors (Lipinski definition) is 2. The molecule has 0 saturated carbocycles. The highest BCUT2D eigenvalue weighted by Gasteiger charge is 2.28. The first-order valence-corrected chi connectivity index (χ1v) is 5.40. The van der Waals surface area contributed by atoms with Crippen LogP contribution in [0, 0.1) is 0 Å². The van der Waals surface area contributed by atoms with Crippen molar-refractivity contribution in [3.8, 4) is 0 Å². The molecule has 17 heavy (non-hydrogen) atoms. The number of H-pyrrole nitrogens is 1. The molecule has 2 rings (SSSR count). The van der Waals surface area contributed by atoms with Crippen LogP contribution in [0.15, 0.2) is 23.3 Å². The number of amides is 1. The second-order valence-corrected chi connectivity index (χ2v) is 3.83. The number of aliphatic hydroxyl groups excluding tert-OH is 1. The third-order valence-corrected chi connectivity index (χ3v) is 2.75. The van der Waals surface area contributed by atoms with Gasteiger partial charge in [0.1, 0.15) is 5.56 Å². The molecule has 1 fully saturated rings. The summed E-state index contributed by atoms with van der Waals surface area (Å²) in [5, 5.41) is 9.17. The van der Waals surface area contributed by atoms with E-state index in [-0.39, 0.29) is 29.5 Å². The fourth-order valence-corrected chi connectivity index (χ4v) is 1.81. The number of aromatic nitrogens is 1. The summed E-state index contributed by atoms with van der Waals surface area (Å²) in [6, 6.07) is 0.928. The molecule has 1 aliphatic rings. The molecule has 1 aromatic heterocycles. The molecule has 1 unspecified atom stereocenters. The van der Waals surface area contributed by atoms with Gasteiger partial charge in [-0.15, -0.1) is 0 Å².